The van der Waals surface area contributed by atoms with Crippen LogP contribution in [0.3, 0.4) is 0 Å². The Labute approximate surface area is 305 Å². The molecule has 53 heavy (non-hydrogen) atoms. The van der Waals surface area contributed by atoms with Crippen LogP contribution in [0.2, 0.25) is 0 Å². The molecule has 0 N–H and O–H groups in total. The van der Waals surface area contributed by atoms with Gasteiger partial charge in [0, 0.05) is 43.7 Å². The highest BCUT2D eigenvalue weighted by atomic mass is 15.0. The summed E-state index contributed by atoms with van der Waals surface area (Å²) in [4.78, 5) is 0. The molecular formula is C49H30N4. The second-order valence-electron chi connectivity index (χ2n) is 13.7. The summed E-state index contributed by atoms with van der Waals surface area (Å²) in [5.41, 5.74) is 12.8. The van der Waals surface area contributed by atoms with Crippen molar-refractivity contribution in [3.05, 3.63) is 188 Å². The maximum atomic E-state index is 10.4. The largest absolute Gasteiger partial charge is 0.309 e. The third kappa shape index (κ3) is 4.22. The van der Waals surface area contributed by atoms with Gasteiger partial charge >= 0.3 is 0 Å². The molecule has 246 valence electrons. The molecule has 0 unspecified atom stereocenters. The summed E-state index contributed by atoms with van der Waals surface area (Å²) < 4.78 is 6.98. The van der Waals surface area contributed by atoms with Crippen LogP contribution in [0.5, 0.6) is 0 Å². The zero-order valence-corrected chi connectivity index (χ0v) is 28.6. The number of nitrogens with zero attached hydrogens (tertiary/aromatic N) is 4. The van der Waals surface area contributed by atoms with Gasteiger partial charge in [-0.3, -0.25) is 0 Å². The first kappa shape index (κ1) is 29.4. The number of nitriles is 1. The third-order valence-corrected chi connectivity index (χ3v) is 10.9. The Balaban J connectivity index is 1.17. The quantitative estimate of drug-likeness (QED) is 0.183. The Bertz CT molecular complexity index is 3240. The third-order valence-electron chi connectivity index (χ3n) is 10.9. The minimum absolute atomic E-state index is 0.629. The molecular weight excluding hydrogens is 645 g/mol. The molecule has 11 rings (SSSR count). The highest BCUT2D eigenvalue weighted by Crippen LogP contribution is 2.42. The summed E-state index contributed by atoms with van der Waals surface area (Å²) in [6, 6.07) is 67.1. The van der Waals surface area contributed by atoms with Gasteiger partial charge in [0.2, 0.25) is 0 Å². The maximum absolute atomic E-state index is 10.4. The van der Waals surface area contributed by atoms with Gasteiger partial charge in [-0.2, -0.15) is 5.26 Å². The van der Waals surface area contributed by atoms with Crippen molar-refractivity contribution >= 4 is 65.4 Å². The first-order valence-corrected chi connectivity index (χ1v) is 17.9. The van der Waals surface area contributed by atoms with Crippen molar-refractivity contribution < 1.29 is 0 Å². The van der Waals surface area contributed by atoms with Crippen LogP contribution < -0.4 is 0 Å². The van der Waals surface area contributed by atoms with E-state index in [1.54, 1.807) is 0 Å². The van der Waals surface area contributed by atoms with E-state index in [1.165, 1.54) is 48.9 Å². The molecule has 0 saturated heterocycles. The number of fused-ring (bicyclic) bond motifs is 9. The molecule has 3 heterocycles. The molecule has 4 nitrogen and oxygen atoms in total. The van der Waals surface area contributed by atoms with Crippen LogP contribution in [-0.2, 0) is 0 Å². The summed E-state index contributed by atoms with van der Waals surface area (Å²) in [6.07, 6.45) is 0. The fourth-order valence-corrected chi connectivity index (χ4v) is 8.65. The van der Waals surface area contributed by atoms with E-state index in [0.717, 1.165) is 44.7 Å². The Kier molecular flexibility index (Phi) is 6.28. The molecule has 0 saturated carbocycles. The van der Waals surface area contributed by atoms with Crippen molar-refractivity contribution in [1.82, 2.24) is 13.7 Å². The van der Waals surface area contributed by atoms with Gasteiger partial charge in [-0.15, -0.1) is 0 Å². The van der Waals surface area contributed by atoms with Crippen LogP contribution in [0, 0.1) is 11.3 Å². The lowest BCUT2D eigenvalue weighted by Crippen LogP contribution is -2.01. The Hall–Kier alpha value is -7.35. The highest BCUT2D eigenvalue weighted by Gasteiger charge is 2.20. The van der Waals surface area contributed by atoms with Gasteiger partial charge in [0.05, 0.1) is 44.4 Å². The summed E-state index contributed by atoms with van der Waals surface area (Å²) in [6.45, 7) is 0. The summed E-state index contributed by atoms with van der Waals surface area (Å²) in [5, 5.41) is 17.6. The van der Waals surface area contributed by atoms with E-state index in [0.29, 0.717) is 5.56 Å². The van der Waals surface area contributed by atoms with Gasteiger partial charge in [0.15, 0.2) is 0 Å². The molecule has 4 heteroatoms. The predicted octanol–water partition coefficient (Wildman–Crippen LogP) is 12.5. The van der Waals surface area contributed by atoms with Gasteiger partial charge in [-0.05, 0) is 77.9 Å². The summed E-state index contributed by atoms with van der Waals surface area (Å²) in [5.74, 6) is 0. The zero-order chi connectivity index (χ0) is 35.0. The van der Waals surface area contributed by atoms with Crippen molar-refractivity contribution in [3.8, 4) is 34.3 Å². The van der Waals surface area contributed by atoms with E-state index in [-0.39, 0.29) is 0 Å². The first-order valence-electron chi connectivity index (χ1n) is 17.9. The topological polar surface area (TPSA) is 38.6 Å². The van der Waals surface area contributed by atoms with E-state index in [1.807, 2.05) is 6.07 Å². The number of benzene rings is 8. The Morgan fingerprint density at radius 1 is 0.358 bits per heavy atom. The lowest BCUT2D eigenvalue weighted by atomic mass is 9.98. The standard InChI is InChI=1S/C49H30N4/c50-31-33-25-27-35(30-47(33)53-43-21-9-5-15-37(43)38-16-6-10-22-44(38)53)52-45-23-11-7-18-41(45)49-36(19-12-24-46(49)52)32-26-28-40-39-17-4-8-20-42(39)51(48(40)29-32)34-13-2-1-3-14-34/h1-30H. The molecule has 3 aromatic heterocycles. The molecule has 0 amide bonds. The fraction of sp³-hybridized carbons (Fsp3) is 0. The number of hydrogen-bond acceptors (Lipinski definition) is 1. The van der Waals surface area contributed by atoms with Crippen LogP contribution >= 0.6 is 0 Å². The zero-order valence-electron chi connectivity index (χ0n) is 28.6. The normalized spacial score (nSPS) is 11.8. The summed E-state index contributed by atoms with van der Waals surface area (Å²) in [7, 11) is 0. The van der Waals surface area contributed by atoms with Crippen molar-refractivity contribution in [2.24, 2.45) is 0 Å². The second kappa shape index (κ2) is 11.3. The SMILES string of the molecule is N#Cc1ccc(-n2c3ccccc3c3c(-c4ccc5c6ccccc6n(-c6ccccc6)c5c4)cccc32)cc1-n1c2ccccc2c2ccccc21. The maximum Gasteiger partial charge on any atom is 0.101 e. The molecule has 11 aromatic rings. The molecule has 0 fully saturated rings. The van der Waals surface area contributed by atoms with Gasteiger partial charge < -0.3 is 13.7 Å². The molecule has 0 spiro atoms. The van der Waals surface area contributed by atoms with Gasteiger partial charge in [0.1, 0.15) is 6.07 Å². The first-order chi connectivity index (χ1) is 26.3. The second-order valence-corrected chi connectivity index (χ2v) is 13.7. The van der Waals surface area contributed by atoms with Crippen LogP contribution in [0.4, 0.5) is 0 Å². The van der Waals surface area contributed by atoms with Crippen LogP contribution in [-0.4, -0.2) is 13.7 Å². The van der Waals surface area contributed by atoms with Gasteiger partial charge in [-0.25, -0.2) is 0 Å². The average molecular weight is 675 g/mol. The lowest BCUT2D eigenvalue weighted by molar-refractivity contribution is 1.13. The number of aromatic nitrogens is 3. The predicted molar refractivity (Wildman–Crippen MR) is 220 cm³/mol. The van der Waals surface area contributed by atoms with Gasteiger partial charge in [0.25, 0.3) is 0 Å². The highest BCUT2D eigenvalue weighted by molar-refractivity contribution is 6.17. The van der Waals surface area contributed by atoms with E-state index in [4.69, 9.17) is 0 Å². The van der Waals surface area contributed by atoms with Crippen molar-refractivity contribution in [2.45, 2.75) is 0 Å². The fourth-order valence-electron chi connectivity index (χ4n) is 8.65. The number of hydrogen-bond donors (Lipinski definition) is 0. The van der Waals surface area contributed by atoms with Crippen LogP contribution in [0.15, 0.2) is 182 Å². The van der Waals surface area contributed by atoms with Crippen molar-refractivity contribution in [1.29, 1.82) is 5.26 Å². The summed E-state index contributed by atoms with van der Waals surface area (Å²) >= 11 is 0. The minimum Gasteiger partial charge on any atom is -0.309 e. The molecule has 0 aliphatic rings. The average Bonchev–Trinajstić information content (AvgIpc) is 3.86. The molecule has 0 bridgehead atoms. The van der Waals surface area contributed by atoms with Gasteiger partial charge in [-0.1, -0.05) is 115 Å². The van der Waals surface area contributed by atoms with Crippen LogP contribution in [0.25, 0.3) is 93.6 Å². The number of para-hydroxylation sites is 5. The Morgan fingerprint density at radius 2 is 0.887 bits per heavy atom. The van der Waals surface area contributed by atoms with Crippen molar-refractivity contribution in [2.75, 3.05) is 0 Å². The number of rotatable bonds is 4. The minimum atomic E-state index is 0.629. The monoisotopic (exact) mass is 674 g/mol. The van der Waals surface area contributed by atoms with Crippen molar-refractivity contribution in [3.63, 3.8) is 0 Å². The molecule has 0 aliphatic heterocycles. The van der Waals surface area contributed by atoms with E-state index in [2.05, 4.69) is 196 Å². The van der Waals surface area contributed by atoms with E-state index < -0.39 is 0 Å². The molecule has 0 aliphatic carbocycles. The van der Waals surface area contributed by atoms with Crippen LogP contribution in [0.1, 0.15) is 5.56 Å². The van der Waals surface area contributed by atoms with E-state index >= 15 is 0 Å². The smallest absolute Gasteiger partial charge is 0.101 e. The van der Waals surface area contributed by atoms with E-state index in [9.17, 15) is 5.26 Å². The molecule has 8 aromatic carbocycles. The molecule has 0 radical (unpaired) electrons. The lowest BCUT2D eigenvalue weighted by Gasteiger charge is -2.14. The Morgan fingerprint density at radius 3 is 1.55 bits per heavy atom. The molecule has 0 atom stereocenters.